The summed E-state index contributed by atoms with van der Waals surface area (Å²) < 4.78 is 34.2. The number of morpholine rings is 1. The zero-order valence-corrected chi connectivity index (χ0v) is 24.0. The molecular formula is C32H33FN4O6. The number of imidazole rings is 1. The summed E-state index contributed by atoms with van der Waals surface area (Å²) in [5.74, 6) is -0.149. The molecule has 43 heavy (non-hydrogen) atoms. The molecule has 0 radical (unpaired) electrons. The summed E-state index contributed by atoms with van der Waals surface area (Å²) >= 11 is 0. The number of hydrogen-bond acceptors (Lipinski definition) is 8. The predicted molar refractivity (Wildman–Crippen MR) is 159 cm³/mol. The third-order valence-corrected chi connectivity index (χ3v) is 8.25. The Morgan fingerprint density at radius 1 is 1.07 bits per heavy atom. The lowest BCUT2D eigenvalue weighted by molar-refractivity contribution is -0.384. The van der Waals surface area contributed by atoms with E-state index in [-0.39, 0.29) is 18.3 Å². The number of ether oxygens (including phenoxy) is 3. The van der Waals surface area contributed by atoms with Crippen molar-refractivity contribution in [1.82, 2.24) is 9.55 Å². The molecule has 2 heterocycles. The Hall–Kier alpha value is -4.51. The summed E-state index contributed by atoms with van der Waals surface area (Å²) in [5.41, 5.74) is 3.60. The quantitative estimate of drug-likeness (QED) is 0.131. The molecule has 0 spiro atoms. The molecule has 0 unspecified atom stereocenters. The van der Waals surface area contributed by atoms with Gasteiger partial charge in [-0.1, -0.05) is 19.3 Å². The third kappa shape index (κ3) is 5.90. The van der Waals surface area contributed by atoms with Crippen molar-refractivity contribution in [3.8, 4) is 17.1 Å². The van der Waals surface area contributed by atoms with Gasteiger partial charge in [0.05, 0.1) is 47.4 Å². The van der Waals surface area contributed by atoms with Crippen molar-refractivity contribution in [2.75, 3.05) is 38.3 Å². The highest BCUT2D eigenvalue weighted by Gasteiger charge is 2.25. The van der Waals surface area contributed by atoms with E-state index in [9.17, 15) is 14.9 Å². The van der Waals surface area contributed by atoms with E-state index in [0.29, 0.717) is 60.1 Å². The highest BCUT2D eigenvalue weighted by atomic mass is 19.1. The number of methoxy groups -OCH3 is 1. The van der Waals surface area contributed by atoms with Crippen LogP contribution in [0.2, 0.25) is 0 Å². The van der Waals surface area contributed by atoms with E-state index in [2.05, 4.69) is 9.47 Å². The van der Waals surface area contributed by atoms with Crippen LogP contribution in [-0.4, -0.2) is 53.9 Å². The van der Waals surface area contributed by atoms with Crippen molar-refractivity contribution < 1.29 is 28.3 Å². The molecule has 0 atom stereocenters. The molecule has 4 aromatic rings. The first-order chi connectivity index (χ1) is 20.9. The second kappa shape index (κ2) is 12.4. The van der Waals surface area contributed by atoms with Gasteiger partial charge in [0.1, 0.15) is 24.0 Å². The van der Waals surface area contributed by atoms with Gasteiger partial charge in [0.25, 0.3) is 5.69 Å². The van der Waals surface area contributed by atoms with Gasteiger partial charge in [-0.3, -0.25) is 10.1 Å². The largest absolute Gasteiger partial charge is 0.489 e. The lowest BCUT2D eigenvalue weighted by atomic mass is 9.94. The van der Waals surface area contributed by atoms with Gasteiger partial charge in [-0.15, -0.1) is 0 Å². The Morgan fingerprint density at radius 2 is 1.86 bits per heavy atom. The van der Waals surface area contributed by atoms with Crippen LogP contribution in [-0.2, 0) is 16.1 Å². The zero-order chi connectivity index (χ0) is 29.9. The van der Waals surface area contributed by atoms with Crippen LogP contribution in [0.5, 0.6) is 5.75 Å². The molecule has 224 valence electrons. The number of nitrogens with zero attached hydrogens (tertiary/aromatic N) is 4. The van der Waals surface area contributed by atoms with E-state index in [0.717, 1.165) is 36.9 Å². The van der Waals surface area contributed by atoms with Crippen molar-refractivity contribution in [1.29, 1.82) is 0 Å². The van der Waals surface area contributed by atoms with E-state index in [1.54, 1.807) is 30.3 Å². The Morgan fingerprint density at radius 3 is 2.58 bits per heavy atom. The molecule has 0 N–H and O–H groups in total. The van der Waals surface area contributed by atoms with Crippen molar-refractivity contribution in [3.05, 3.63) is 81.7 Å². The number of hydrogen-bond donors (Lipinski definition) is 0. The fourth-order valence-corrected chi connectivity index (χ4v) is 6.08. The fourth-order valence-electron chi connectivity index (χ4n) is 6.08. The molecule has 6 rings (SSSR count). The summed E-state index contributed by atoms with van der Waals surface area (Å²) in [6, 6.07) is 14.8. The van der Waals surface area contributed by atoms with Crippen molar-refractivity contribution in [2.45, 2.75) is 44.8 Å². The molecule has 11 heteroatoms. The Balaban J connectivity index is 1.31. The Labute approximate surface area is 248 Å². The van der Waals surface area contributed by atoms with Crippen LogP contribution in [0.15, 0.2) is 54.6 Å². The highest BCUT2D eigenvalue weighted by molar-refractivity contribution is 5.94. The van der Waals surface area contributed by atoms with E-state index in [1.807, 2.05) is 6.07 Å². The minimum absolute atomic E-state index is 0.0318. The summed E-state index contributed by atoms with van der Waals surface area (Å²) in [7, 11) is 1.33. The Kier molecular flexibility index (Phi) is 8.24. The molecule has 0 bridgehead atoms. The maximum Gasteiger partial charge on any atom is 0.337 e. The summed E-state index contributed by atoms with van der Waals surface area (Å²) in [6.45, 7) is 2.50. The Bertz CT molecular complexity index is 1660. The minimum atomic E-state index is -0.495. The third-order valence-electron chi connectivity index (χ3n) is 8.25. The number of aromatic nitrogens is 2. The zero-order valence-electron chi connectivity index (χ0n) is 24.0. The number of non-ortho nitro benzene ring substituents is 1. The number of nitro groups is 1. The van der Waals surface area contributed by atoms with Crippen LogP contribution in [0, 0.1) is 15.9 Å². The SMILES string of the molecule is COC(=O)c1ccc2c(c1)nc(-c1ccc(OCc3cc([N+](=O)[O-])ccc3N3CCOCC3)cc1F)n2C1CCCCC1. The molecule has 1 aromatic heterocycles. The first kappa shape index (κ1) is 28.6. The monoisotopic (exact) mass is 588 g/mol. The number of rotatable bonds is 8. The normalized spacial score (nSPS) is 15.9. The second-order valence-electron chi connectivity index (χ2n) is 10.9. The van der Waals surface area contributed by atoms with Gasteiger partial charge in [-0.25, -0.2) is 14.2 Å². The van der Waals surface area contributed by atoms with Crippen molar-refractivity contribution >= 4 is 28.4 Å². The van der Waals surface area contributed by atoms with Crippen LogP contribution in [0.1, 0.15) is 54.1 Å². The molecule has 0 amide bonds. The predicted octanol–water partition coefficient (Wildman–Crippen LogP) is 6.46. The number of anilines is 1. The van der Waals surface area contributed by atoms with Crippen molar-refractivity contribution in [2.24, 2.45) is 0 Å². The molecule has 2 fully saturated rings. The maximum absolute atomic E-state index is 15.8. The molecule has 1 aliphatic heterocycles. The van der Waals surface area contributed by atoms with E-state index in [1.165, 1.54) is 31.7 Å². The molecule has 3 aromatic carbocycles. The molecule has 2 aliphatic rings. The van der Waals surface area contributed by atoms with Crippen molar-refractivity contribution in [3.63, 3.8) is 0 Å². The molecule has 1 aliphatic carbocycles. The number of benzene rings is 3. The maximum atomic E-state index is 15.8. The number of carbonyl (C=O) groups is 1. The van der Waals surface area contributed by atoms with E-state index in [4.69, 9.17) is 19.2 Å². The van der Waals surface area contributed by atoms with Crippen LogP contribution in [0.4, 0.5) is 15.8 Å². The first-order valence-electron chi connectivity index (χ1n) is 14.6. The lowest BCUT2D eigenvalue weighted by Crippen LogP contribution is -2.36. The smallest absolute Gasteiger partial charge is 0.337 e. The van der Waals surface area contributed by atoms with E-state index < -0.39 is 16.7 Å². The average Bonchev–Trinajstić information content (AvgIpc) is 3.42. The fraction of sp³-hybridized carbons (Fsp3) is 0.375. The summed E-state index contributed by atoms with van der Waals surface area (Å²) in [5, 5.41) is 11.5. The van der Waals surface area contributed by atoms with E-state index >= 15 is 4.39 Å². The van der Waals surface area contributed by atoms with Gasteiger partial charge >= 0.3 is 5.97 Å². The summed E-state index contributed by atoms with van der Waals surface area (Å²) in [4.78, 5) is 30.1. The van der Waals surface area contributed by atoms with Crippen LogP contribution >= 0.6 is 0 Å². The molecular weight excluding hydrogens is 555 g/mol. The van der Waals surface area contributed by atoms with Gasteiger partial charge in [0.2, 0.25) is 0 Å². The van der Waals surface area contributed by atoms with Crippen LogP contribution < -0.4 is 9.64 Å². The minimum Gasteiger partial charge on any atom is -0.489 e. The number of esters is 1. The van der Waals surface area contributed by atoms with Gasteiger partial charge in [0.15, 0.2) is 0 Å². The number of nitro benzene ring substituents is 1. The van der Waals surface area contributed by atoms with Gasteiger partial charge in [0, 0.05) is 48.6 Å². The van der Waals surface area contributed by atoms with Gasteiger partial charge in [-0.2, -0.15) is 0 Å². The highest BCUT2D eigenvalue weighted by Crippen LogP contribution is 2.38. The number of halogens is 1. The molecule has 1 saturated heterocycles. The van der Waals surface area contributed by atoms with Gasteiger partial charge < -0.3 is 23.7 Å². The average molecular weight is 589 g/mol. The van der Waals surface area contributed by atoms with Crippen LogP contribution in [0.25, 0.3) is 22.4 Å². The second-order valence-corrected chi connectivity index (χ2v) is 10.9. The lowest BCUT2D eigenvalue weighted by Gasteiger charge is -2.30. The first-order valence-corrected chi connectivity index (χ1v) is 14.6. The molecule has 10 nitrogen and oxygen atoms in total. The summed E-state index contributed by atoms with van der Waals surface area (Å²) in [6.07, 6.45) is 5.28. The number of carbonyl (C=O) groups excluding carboxylic acids is 1. The molecule has 1 saturated carbocycles. The van der Waals surface area contributed by atoms with Gasteiger partial charge in [-0.05, 0) is 49.2 Å². The van der Waals surface area contributed by atoms with Crippen LogP contribution in [0.3, 0.4) is 0 Å². The standard InChI is InChI=1S/C32H33FN4O6/c1-41-32(38)21-7-11-30-28(18-21)34-31(36(30)23-5-3-2-4-6-23)26-10-9-25(19-27(26)33)43-20-22-17-24(37(39)40)8-12-29(22)35-13-15-42-16-14-35/h7-12,17-19,23H,2-6,13-16,20H2,1H3. The number of fused-ring (bicyclic) bond motifs is 1. The topological polar surface area (TPSA) is 109 Å².